The first-order valence-electron chi connectivity index (χ1n) is 12.1. The Morgan fingerprint density at radius 3 is 2.19 bits per heavy atom. The Morgan fingerprint density at radius 1 is 1.00 bits per heavy atom. The van der Waals surface area contributed by atoms with Crippen LogP contribution in [0.15, 0.2) is 24.3 Å². The van der Waals surface area contributed by atoms with Crippen LogP contribution >= 0.6 is 0 Å². The van der Waals surface area contributed by atoms with E-state index >= 15 is 0 Å². The SMILES string of the molecule is CC(C)C[C@H](NC(=O)[C@@H]1O[C@H]1C(=O)NN1CCN(C)CC1)C(=O)N[C@@H](Cc1ccc(O)cc1)C(N)=O. The number of aromatic hydroxyl groups is 1. The predicted molar refractivity (Wildman–Crippen MR) is 130 cm³/mol. The zero-order valence-corrected chi connectivity index (χ0v) is 20.9. The van der Waals surface area contributed by atoms with Crippen LogP contribution in [0.1, 0.15) is 25.8 Å². The molecule has 6 N–H and O–H groups in total. The van der Waals surface area contributed by atoms with Crippen LogP contribution in [0, 0.1) is 5.92 Å². The van der Waals surface area contributed by atoms with E-state index in [4.69, 9.17) is 10.5 Å². The van der Waals surface area contributed by atoms with E-state index in [0.717, 1.165) is 13.1 Å². The van der Waals surface area contributed by atoms with Gasteiger partial charge in [0.25, 0.3) is 11.8 Å². The molecule has 1 aromatic carbocycles. The summed E-state index contributed by atoms with van der Waals surface area (Å²) in [7, 11) is 2.01. The van der Waals surface area contributed by atoms with Crippen molar-refractivity contribution >= 4 is 23.6 Å². The molecule has 2 aliphatic rings. The first-order valence-corrected chi connectivity index (χ1v) is 12.1. The van der Waals surface area contributed by atoms with Gasteiger partial charge in [-0.25, -0.2) is 5.01 Å². The first-order chi connectivity index (χ1) is 17.0. The number of primary amides is 1. The molecule has 4 amide bonds. The van der Waals surface area contributed by atoms with E-state index in [9.17, 15) is 24.3 Å². The number of benzene rings is 1. The van der Waals surface area contributed by atoms with Gasteiger partial charge in [-0.2, -0.15) is 0 Å². The highest BCUT2D eigenvalue weighted by atomic mass is 16.6. The molecular weight excluding hydrogens is 468 g/mol. The van der Waals surface area contributed by atoms with E-state index in [1.165, 1.54) is 12.1 Å². The second-order valence-electron chi connectivity index (χ2n) is 9.77. The third kappa shape index (κ3) is 7.90. The summed E-state index contributed by atoms with van der Waals surface area (Å²) >= 11 is 0. The Bertz CT molecular complexity index is 947. The molecule has 0 saturated carbocycles. The van der Waals surface area contributed by atoms with Gasteiger partial charge in [-0.05, 0) is 37.1 Å². The van der Waals surface area contributed by atoms with Gasteiger partial charge in [0, 0.05) is 32.6 Å². The third-order valence-electron chi connectivity index (χ3n) is 6.16. The Labute approximate surface area is 210 Å². The maximum atomic E-state index is 13.0. The van der Waals surface area contributed by atoms with Gasteiger partial charge < -0.3 is 31.1 Å². The molecule has 0 aliphatic carbocycles. The van der Waals surface area contributed by atoms with Crippen molar-refractivity contribution in [1.29, 1.82) is 0 Å². The Hall–Kier alpha value is -3.22. The summed E-state index contributed by atoms with van der Waals surface area (Å²) in [5.74, 6) is -2.11. The van der Waals surface area contributed by atoms with Crippen molar-refractivity contribution in [2.24, 2.45) is 11.7 Å². The van der Waals surface area contributed by atoms with Crippen molar-refractivity contribution in [2.75, 3.05) is 33.2 Å². The molecule has 2 fully saturated rings. The maximum Gasteiger partial charge on any atom is 0.266 e. The average Bonchev–Trinajstić information content (AvgIpc) is 3.62. The van der Waals surface area contributed by atoms with E-state index in [-0.39, 0.29) is 18.1 Å². The number of nitrogens with one attached hydrogen (secondary N) is 3. The molecule has 0 unspecified atom stereocenters. The number of carbonyl (C=O) groups is 4. The zero-order chi connectivity index (χ0) is 26.4. The van der Waals surface area contributed by atoms with Crippen LogP contribution < -0.4 is 21.8 Å². The summed E-state index contributed by atoms with van der Waals surface area (Å²) in [4.78, 5) is 52.4. The number of epoxide rings is 1. The molecule has 0 radical (unpaired) electrons. The number of amides is 4. The number of hydrazine groups is 1. The van der Waals surface area contributed by atoms with Crippen molar-refractivity contribution in [3.05, 3.63) is 29.8 Å². The Balaban J connectivity index is 1.55. The number of likely N-dealkylation sites (N-methyl/N-ethyl adjacent to an activating group) is 1. The standard InChI is InChI=1S/C24H36N6O6/c1-14(2)12-18(22(33)26-17(21(25)32)13-15-4-6-16(31)7-5-15)27-23(34)19-20(36-19)24(35)28-30-10-8-29(3)9-11-30/h4-7,14,17-20,31H,8-13H2,1-3H3,(H2,25,32)(H,26,33)(H,27,34)(H,28,35)/t17-,18-,19+,20+/m0/s1. The van der Waals surface area contributed by atoms with Crippen LogP contribution in [-0.2, 0) is 30.3 Å². The summed E-state index contributed by atoms with van der Waals surface area (Å²) in [5, 5.41) is 16.5. The number of nitrogens with zero attached hydrogens (tertiary/aromatic N) is 2. The van der Waals surface area contributed by atoms with Gasteiger partial charge in [-0.3, -0.25) is 24.6 Å². The second kappa shape index (κ2) is 12.2. The smallest absolute Gasteiger partial charge is 0.266 e. The maximum absolute atomic E-state index is 13.0. The van der Waals surface area contributed by atoms with Crippen LogP contribution in [0.3, 0.4) is 0 Å². The van der Waals surface area contributed by atoms with Crippen molar-refractivity contribution in [2.45, 2.75) is 51.0 Å². The van der Waals surface area contributed by atoms with Crippen molar-refractivity contribution in [3.63, 3.8) is 0 Å². The molecule has 0 spiro atoms. The van der Waals surface area contributed by atoms with Crippen molar-refractivity contribution in [1.82, 2.24) is 26.0 Å². The minimum absolute atomic E-state index is 0.0571. The summed E-state index contributed by atoms with van der Waals surface area (Å²) in [6.07, 6.45) is -1.46. The molecule has 2 saturated heterocycles. The summed E-state index contributed by atoms with van der Waals surface area (Å²) < 4.78 is 5.31. The molecule has 2 heterocycles. The van der Waals surface area contributed by atoms with E-state index in [0.29, 0.717) is 25.1 Å². The summed E-state index contributed by atoms with van der Waals surface area (Å²) in [6.45, 7) is 6.78. The number of piperazine rings is 1. The highest BCUT2D eigenvalue weighted by Crippen LogP contribution is 2.23. The number of nitrogens with two attached hydrogens (primary N) is 1. The van der Waals surface area contributed by atoms with Gasteiger partial charge in [-0.15, -0.1) is 0 Å². The fourth-order valence-electron chi connectivity index (χ4n) is 3.97. The van der Waals surface area contributed by atoms with Crippen molar-refractivity contribution in [3.8, 4) is 5.75 Å². The normalized spacial score (nSPS) is 21.9. The predicted octanol–water partition coefficient (Wildman–Crippen LogP) is -1.52. The molecule has 2 aliphatic heterocycles. The lowest BCUT2D eigenvalue weighted by Crippen LogP contribution is -2.55. The number of phenols is 1. The van der Waals surface area contributed by atoms with Crippen LogP contribution in [0.25, 0.3) is 0 Å². The van der Waals surface area contributed by atoms with Crippen LogP contribution in [0.2, 0.25) is 0 Å². The molecule has 198 valence electrons. The van der Waals surface area contributed by atoms with Crippen LogP contribution in [0.5, 0.6) is 5.75 Å². The van der Waals surface area contributed by atoms with Gasteiger partial charge in [0.15, 0.2) is 12.2 Å². The monoisotopic (exact) mass is 504 g/mol. The van der Waals surface area contributed by atoms with E-state index in [2.05, 4.69) is 21.0 Å². The van der Waals surface area contributed by atoms with Crippen LogP contribution in [0.4, 0.5) is 0 Å². The number of hydrogen-bond acceptors (Lipinski definition) is 8. The largest absolute Gasteiger partial charge is 0.508 e. The van der Waals surface area contributed by atoms with Gasteiger partial charge in [0.2, 0.25) is 11.8 Å². The number of rotatable bonds is 11. The molecule has 0 bridgehead atoms. The van der Waals surface area contributed by atoms with Gasteiger partial charge in [-0.1, -0.05) is 26.0 Å². The Kier molecular flexibility index (Phi) is 9.24. The zero-order valence-electron chi connectivity index (χ0n) is 20.9. The molecular formula is C24H36N6O6. The molecule has 12 nitrogen and oxygen atoms in total. The average molecular weight is 505 g/mol. The molecule has 3 rings (SSSR count). The fourth-order valence-corrected chi connectivity index (χ4v) is 3.97. The minimum atomic E-state index is -1.01. The molecule has 12 heteroatoms. The summed E-state index contributed by atoms with van der Waals surface area (Å²) in [5.41, 5.74) is 8.97. The topological polar surface area (TPSA) is 170 Å². The number of phenolic OH excluding ortho intramolecular Hbond substituents is 1. The minimum Gasteiger partial charge on any atom is -0.508 e. The summed E-state index contributed by atoms with van der Waals surface area (Å²) in [6, 6.07) is 4.26. The fraction of sp³-hybridized carbons (Fsp3) is 0.583. The van der Waals surface area contributed by atoms with E-state index in [1.54, 1.807) is 17.1 Å². The van der Waals surface area contributed by atoms with Crippen LogP contribution in [-0.4, -0.2) is 96.2 Å². The molecule has 36 heavy (non-hydrogen) atoms. The number of ether oxygens (including phenoxy) is 1. The highest BCUT2D eigenvalue weighted by Gasteiger charge is 2.51. The lowest BCUT2D eigenvalue weighted by Gasteiger charge is -2.32. The lowest BCUT2D eigenvalue weighted by atomic mass is 10.0. The molecule has 0 aromatic heterocycles. The van der Waals surface area contributed by atoms with Gasteiger partial charge in [0.1, 0.15) is 17.8 Å². The second-order valence-corrected chi connectivity index (χ2v) is 9.77. The number of carbonyl (C=O) groups excluding carboxylic acids is 4. The third-order valence-corrected chi connectivity index (χ3v) is 6.16. The first kappa shape index (κ1) is 27.4. The van der Waals surface area contributed by atoms with E-state index < -0.39 is 47.9 Å². The van der Waals surface area contributed by atoms with Gasteiger partial charge in [0.05, 0.1) is 0 Å². The van der Waals surface area contributed by atoms with E-state index in [1.807, 2.05) is 20.9 Å². The lowest BCUT2D eigenvalue weighted by molar-refractivity contribution is -0.132. The Morgan fingerprint density at radius 2 is 1.61 bits per heavy atom. The molecule has 4 atom stereocenters. The number of hydrogen-bond donors (Lipinski definition) is 5. The van der Waals surface area contributed by atoms with Crippen molar-refractivity contribution < 1.29 is 29.0 Å². The van der Waals surface area contributed by atoms with Gasteiger partial charge >= 0.3 is 0 Å². The molecule has 1 aromatic rings. The highest BCUT2D eigenvalue weighted by molar-refractivity contribution is 5.97. The quantitative estimate of drug-likeness (QED) is 0.226.